The zero-order valence-corrected chi connectivity index (χ0v) is 20.0. The number of hydrogen-bond acceptors (Lipinski definition) is 3. The van der Waals surface area contributed by atoms with Crippen LogP contribution in [0.2, 0.25) is 0 Å². The van der Waals surface area contributed by atoms with Gasteiger partial charge in [0.05, 0.1) is 23.5 Å². The number of carbonyl (C=O) groups excluding carboxylic acids is 1. The van der Waals surface area contributed by atoms with Gasteiger partial charge in [-0.1, -0.05) is 31.4 Å². The van der Waals surface area contributed by atoms with Gasteiger partial charge in [0.25, 0.3) is 0 Å². The Morgan fingerprint density at radius 1 is 1.06 bits per heavy atom. The Kier molecular flexibility index (Phi) is 5.71. The lowest BCUT2D eigenvalue weighted by Gasteiger charge is -2.26. The largest absolute Gasteiger partial charge is 0.489 e. The molecule has 34 heavy (non-hydrogen) atoms. The van der Waals surface area contributed by atoms with Crippen LogP contribution in [0.4, 0.5) is 10.5 Å². The monoisotopic (exact) mass is 461 g/mol. The topological polar surface area (TPSA) is 75.0 Å². The van der Waals surface area contributed by atoms with Gasteiger partial charge in [-0.15, -0.1) is 0 Å². The first-order chi connectivity index (χ1) is 16.4. The van der Waals surface area contributed by atoms with Crippen molar-refractivity contribution in [2.24, 2.45) is 0 Å². The Labute approximate surface area is 199 Å². The summed E-state index contributed by atoms with van der Waals surface area (Å²) in [5.74, 6) is 0.198. The van der Waals surface area contributed by atoms with Gasteiger partial charge >= 0.3 is 12.0 Å². The van der Waals surface area contributed by atoms with E-state index >= 15 is 0 Å². The highest BCUT2D eigenvalue weighted by atomic mass is 16.5. The molecule has 1 fully saturated rings. The first-order valence-electron chi connectivity index (χ1n) is 12.0. The minimum atomic E-state index is -0.923. The summed E-state index contributed by atoms with van der Waals surface area (Å²) >= 11 is 0. The van der Waals surface area contributed by atoms with Crippen molar-refractivity contribution >= 4 is 28.6 Å². The SMILES string of the molecule is CN(C)C(=O)N(C)c1cccc2c1OCCn1c-2c(C2CCCCC2)c2ccc(C(=O)O)cc21. The summed E-state index contributed by atoms with van der Waals surface area (Å²) in [7, 11) is 5.24. The van der Waals surface area contributed by atoms with E-state index in [1.807, 2.05) is 18.2 Å². The molecular weight excluding hydrogens is 430 g/mol. The van der Waals surface area contributed by atoms with Crippen molar-refractivity contribution in [1.29, 1.82) is 0 Å². The van der Waals surface area contributed by atoms with Crippen LogP contribution in [0.3, 0.4) is 0 Å². The Morgan fingerprint density at radius 2 is 1.82 bits per heavy atom. The molecule has 2 aliphatic rings. The first-order valence-corrected chi connectivity index (χ1v) is 12.0. The fourth-order valence-electron chi connectivity index (χ4n) is 5.61. The van der Waals surface area contributed by atoms with Crippen LogP contribution in [0, 0.1) is 0 Å². The highest BCUT2D eigenvalue weighted by molar-refractivity contribution is 6.00. The number of carbonyl (C=O) groups is 2. The van der Waals surface area contributed by atoms with Gasteiger partial charge in [-0.3, -0.25) is 4.90 Å². The Bertz CT molecular complexity index is 1270. The molecule has 3 aromatic rings. The van der Waals surface area contributed by atoms with Crippen LogP contribution in [0.25, 0.3) is 22.2 Å². The van der Waals surface area contributed by atoms with E-state index in [0.29, 0.717) is 30.4 Å². The predicted molar refractivity (Wildman–Crippen MR) is 133 cm³/mol. The van der Waals surface area contributed by atoms with Gasteiger partial charge in [-0.05, 0) is 48.6 Å². The van der Waals surface area contributed by atoms with Crippen LogP contribution < -0.4 is 9.64 Å². The van der Waals surface area contributed by atoms with Crippen molar-refractivity contribution in [2.45, 2.75) is 44.6 Å². The fourth-order valence-corrected chi connectivity index (χ4v) is 5.61. The molecule has 1 aromatic heterocycles. The van der Waals surface area contributed by atoms with E-state index in [-0.39, 0.29) is 6.03 Å². The Morgan fingerprint density at radius 3 is 2.53 bits per heavy atom. The molecule has 1 aliphatic carbocycles. The average molecular weight is 462 g/mol. The number of hydrogen-bond donors (Lipinski definition) is 1. The minimum absolute atomic E-state index is 0.125. The molecule has 1 N–H and O–H groups in total. The quantitative estimate of drug-likeness (QED) is 0.554. The molecule has 1 aliphatic heterocycles. The third-order valence-electron chi connectivity index (χ3n) is 7.21. The summed E-state index contributed by atoms with van der Waals surface area (Å²) in [6.45, 7) is 1.05. The van der Waals surface area contributed by atoms with Gasteiger partial charge in [-0.2, -0.15) is 0 Å². The van der Waals surface area contributed by atoms with Crippen molar-refractivity contribution < 1.29 is 19.4 Å². The van der Waals surface area contributed by atoms with Crippen LogP contribution in [0.1, 0.15) is 53.9 Å². The molecule has 178 valence electrons. The molecule has 2 heterocycles. The van der Waals surface area contributed by atoms with Crippen LogP contribution in [0.5, 0.6) is 5.75 Å². The van der Waals surface area contributed by atoms with E-state index in [9.17, 15) is 14.7 Å². The maximum Gasteiger partial charge on any atom is 0.335 e. The predicted octanol–water partition coefficient (Wildman–Crippen LogP) is 5.56. The number of aromatic nitrogens is 1. The van der Waals surface area contributed by atoms with Crippen LogP contribution >= 0.6 is 0 Å². The molecule has 0 bridgehead atoms. The zero-order valence-electron chi connectivity index (χ0n) is 20.0. The normalized spacial score (nSPS) is 15.7. The third-order valence-corrected chi connectivity index (χ3v) is 7.21. The van der Waals surface area contributed by atoms with Gasteiger partial charge in [0.15, 0.2) is 5.75 Å². The van der Waals surface area contributed by atoms with Gasteiger partial charge in [-0.25, -0.2) is 9.59 Å². The van der Waals surface area contributed by atoms with Crippen molar-refractivity contribution in [3.05, 3.63) is 47.5 Å². The van der Waals surface area contributed by atoms with Crippen molar-refractivity contribution in [3.63, 3.8) is 0 Å². The summed E-state index contributed by atoms with van der Waals surface area (Å²) in [5.41, 5.74) is 5.31. The van der Waals surface area contributed by atoms with E-state index < -0.39 is 5.97 Å². The molecule has 0 unspecified atom stereocenters. The number of benzene rings is 2. The lowest BCUT2D eigenvalue weighted by molar-refractivity contribution is 0.0697. The number of carboxylic acids is 1. The van der Waals surface area contributed by atoms with Gasteiger partial charge in [0, 0.05) is 37.6 Å². The van der Waals surface area contributed by atoms with Gasteiger partial charge < -0.3 is 19.3 Å². The highest BCUT2D eigenvalue weighted by Gasteiger charge is 2.31. The number of para-hydroxylation sites is 1. The van der Waals surface area contributed by atoms with Gasteiger partial charge in [0.2, 0.25) is 0 Å². The number of rotatable bonds is 3. The maximum atomic E-state index is 12.8. The minimum Gasteiger partial charge on any atom is -0.489 e. The number of nitrogens with zero attached hydrogens (tertiary/aromatic N) is 3. The fraction of sp³-hybridized carbons (Fsp3) is 0.407. The van der Waals surface area contributed by atoms with Crippen LogP contribution in [-0.4, -0.2) is 54.3 Å². The molecule has 0 saturated heterocycles. The molecule has 2 aromatic carbocycles. The average Bonchev–Trinajstić information content (AvgIpc) is 3.04. The number of amides is 2. The second kappa shape index (κ2) is 8.70. The number of carboxylic acid groups (broad SMARTS) is 1. The van der Waals surface area contributed by atoms with Gasteiger partial charge in [0.1, 0.15) is 6.61 Å². The second-order valence-electron chi connectivity index (χ2n) is 9.52. The number of ether oxygens (including phenoxy) is 1. The summed E-state index contributed by atoms with van der Waals surface area (Å²) in [6.07, 6.45) is 5.92. The summed E-state index contributed by atoms with van der Waals surface area (Å²) in [6, 6.07) is 11.3. The van der Waals surface area contributed by atoms with E-state index in [0.717, 1.165) is 40.7 Å². The molecule has 1 saturated carbocycles. The molecule has 7 nitrogen and oxygen atoms in total. The lowest BCUT2D eigenvalue weighted by Crippen LogP contribution is -2.36. The standard InChI is InChI=1S/C27H31N3O4/c1-28(2)27(33)29(3)21-11-7-10-20-24-23(17-8-5-4-6-9-17)19-13-12-18(26(31)32)16-22(19)30(24)14-15-34-25(20)21/h7,10-13,16-17H,4-6,8-9,14-15H2,1-3H3,(H,31,32). The van der Waals surface area contributed by atoms with Crippen LogP contribution in [0.15, 0.2) is 36.4 Å². The molecule has 7 heteroatoms. The number of anilines is 1. The second-order valence-corrected chi connectivity index (χ2v) is 9.52. The summed E-state index contributed by atoms with van der Waals surface area (Å²) < 4.78 is 8.52. The number of urea groups is 1. The smallest absolute Gasteiger partial charge is 0.335 e. The molecule has 0 spiro atoms. The highest BCUT2D eigenvalue weighted by Crippen LogP contribution is 2.49. The third kappa shape index (κ3) is 3.59. The molecule has 5 rings (SSSR count). The number of fused-ring (bicyclic) bond motifs is 5. The van der Waals surface area contributed by atoms with Crippen molar-refractivity contribution in [2.75, 3.05) is 32.6 Å². The van der Waals surface area contributed by atoms with E-state index in [4.69, 9.17) is 4.74 Å². The van der Waals surface area contributed by atoms with Crippen molar-refractivity contribution in [3.8, 4) is 17.0 Å². The number of aromatic carboxylic acids is 1. The lowest BCUT2D eigenvalue weighted by atomic mass is 9.81. The molecule has 0 radical (unpaired) electrons. The van der Waals surface area contributed by atoms with Crippen LogP contribution in [-0.2, 0) is 6.54 Å². The first kappa shape index (κ1) is 22.3. The zero-order chi connectivity index (χ0) is 24.0. The molecule has 2 amide bonds. The maximum absolute atomic E-state index is 12.8. The summed E-state index contributed by atoms with van der Waals surface area (Å²) in [4.78, 5) is 27.7. The van der Waals surface area contributed by atoms with E-state index in [1.165, 1.54) is 24.8 Å². The van der Waals surface area contributed by atoms with Crippen molar-refractivity contribution in [1.82, 2.24) is 9.47 Å². The molecule has 0 atom stereocenters. The Balaban J connectivity index is 1.78. The van der Waals surface area contributed by atoms with E-state index in [2.05, 4.69) is 10.6 Å². The Hall–Kier alpha value is -3.48. The van der Waals surface area contributed by atoms with E-state index in [1.54, 1.807) is 43.1 Å². The summed E-state index contributed by atoms with van der Waals surface area (Å²) in [5, 5.41) is 10.8. The molecular formula is C27H31N3O4.